The van der Waals surface area contributed by atoms with Crippen molar-refractivity contribution in [2.75, 3.05) is 5.32 Å². The highest BCUT2D eigenvalue weighted by Crippen LogP contribution is 2.07. The van der Waals surface area contributed by atoms with Gasteiger partial charge in [-0.2, -0.15) is 0 Å². The van der Waals surface area contributed by atoms with E-state index in [1.165, 1.54) is 0 Å². The van der Waals surface area contributed by atoms with E-state index in [9.17, 15) is 4.79 Å². The molecule has 5 heteroatoms. The average molecular weight is 190 g/mol. The zero-order valence-corrected chi connectivity index (χ0v) is 7.77. The normalized spacial score (nSPS) is 10.4. The molecule has 0 bridgehead atoms. The number of hydrogen-bond acceptors (Lipinski definition) is 3. The lowest BCUT2D eigenvalue weighted by Crippen LogP contribution is -2.12. The summed E-state index contributed by atoms with van der Waals surface area (Å²) in [6.07, 6.45) is 2.24. The highest BCUT2D eigenvalue weighted by Gasteiger charge is 2.05. The molecule has 2 heterocycles. The predicted molar refractivity (Wildman–Crippen MR) is 51.9 cm³/mol. The molecule has 0 atom stereocenters. The van der Waals surface area contributed by atoms with Crippen molar-refractivity contribution in [3.8, 4) is 0 Å². The summed E-state index contributed by atoms with van der Waals surface area (Å²) in [5.74, 6) is 0.399. The van der Waals surface area contributed by atoms with Gasteiger partial charge in [-0.15, -0.1) is 10.2 Å². The Kier molecular flexibility index (Phi) is 2.14. The second kappa shape index (κ2) is 3.45. The van der Waals surface area contributed by atoms with Crippen LogP contribution in [0.5, 0.6) is 0 Å². The minimum absolute atomic E-state index is 0.0665. The lowest BCUT2D eigenvalue weighted by Gasteiger charge is -1.99. The van der Waals surface area contributed by atoms with Crippen LogP contribution >= 0.6 is 0 Å². The van der Waals surface area contributed by atoms with E-state index in [2.05, 4.69) is 15.5 Å². The van der Waals surface area contributed by atoms with Gasteiger partial charge in [0.05, 0.1) is 0 Å². The molecule has 0 fully saturated rings. The van der Waals surface area contributed by atoms with Crippen LogP contribution in [0.15, 0.2) is 24.4 Å². The van der Waals surface area contributed by atoms with Gasteiger partial charge in [-0.1, -0.05) is 13.0 Å². The maximum absolute atomic E-state index is 11.1. The molecular formula is C9H10N4O. The maximum Gasteiger partial charge on any atom is 0.235 e. The molecule has 0 unspecified atom stereocenters. The van der Waals surface area contributed by atoms with Gasteiger partial charge in [0.2, 0.25) is 11.9 Å². The van der Waals surface area contributed by atoms with Crippen molar-refractivity contribution in [1.82, 2.24) is 14.6 Å². The van der Waals surface area contributed by atoms with Crippen LogP contribution in [0.3, 0.4) is 0 Å². The van der Waals surface area contributed by atoms with Crippen LogP contribution < -0.4 is 5.32 Å². The van der Waals surface area contributed by atoms with Crippen molar-refractivity contribution >= 4 is 17.5 Å². The van der Waals surface area contributed by atoms with E-state index in [1.54, 1.807) is 17.5 Å². The number of carbonyl (C=O) groups excluding carboxylic acids is 1. The third-order valence-corrected chi connectivity index (χ3v) is 1.89. The quantitative estimate of drug-likeness (QED) is 0.770. The Bertz CT molecular complexity index is 463. The summed E-state index contributed by atoms with van der Waals surface area (Å²) in [4.78, 5) is 11.1. The van der Waals surface area contributed by atoms with Crippen LogP contribution in [0, 0.1) is 0 Å². The SMILES string of the molecule is CCC(=O)Nc1nnc2ccccn12. The number of amides is 1. The summed E-state index contributed by atoms with van der Waals surface area (Å²) < 4.78 is 1.73. The lowest BCUT2D eigenvalue weighted by atomic mass is 10.4. The van der Waals surface area contributed by atoms with Crippen molar-refractivity contribution in [3.05, 3.63) is 24.4 Å². The Morgan fingerprint density at radius 3 is 3.14 bits per heavy atom. The molecule has 0 saturated heterocycles. The first-order valence-electron chi connectivity index (χ1n) is 4.41. The maximum atomic E-state index is 11.1. The third kappa shape index (κ3) is 1.44. The summed E-state index contributed by atoms with van der Waals surface area (Å²) in [7, 11) is 0. The first-order chi connectivity index (χ1) is 6.81. The number of fused-ring (bicyclic) bond motifs is 1. The third-order valence-electron chi connectivity index (χ3n) is 1.89. The Balaban J connectivity index is 2.38. The summed E-state index contributed by atoms with van der Waals surface area (Å²) >= 11 is 0. The van der Waals surface area contributed by atoms with Crippen LogP contribution in [0.4, 0.5) is 5.95 Å². The molecular weight excluding hydrogens is 180 g/mol. The summed E-state index contributed by atoms with van der Waals surface area (Å²) in [5.41, 5.74) is 0.721. The second-order valence-electron chi connectivity index (χ2n) is 2.85. The fourth-order valence-electron chi connectivity index (χ4n) is 1.14. The lowest BCUT2D eigenvalue weighted by molar-refractivity contribution is -0.115. The van der Waals surface area contributed by atoms with Gasteiger partial charge in [0, 0.05) is 12.6 Å². The molecule has 72 valence electrons. The Hall–Kier alpha value is -1.91. The summed E-state index contributed by atoms with van der Waals surface area (Å²) in [6, 6.07) is 5.56. The second-order valence-corrected chi connectivity index (χ2v) is 2.85. The molecule has 1 amide bonds. The molecule has 2 aromatic rings. The van der Waals surface area contributed by atoms with Gasteiger partial charge in [0.1, 0.15) is 0 Å². The van der Waals surface area contributed by atoms with Crippen molar-refractivity contribution in [1.29, 1.82) is 0 Å². The molecule has 14 heavy (non-hydrogen) atoms. The van der Waals surface area contributed by atoms with Gasteiger partial charge in [0.15, 0.2) is 5.65 Å². The molecule has 5 nitrogen and oxygen atoms in total. The van der Waals surface area contributed by atoms with Crippen molar-refractivity contribution in [3.63, 3.8) is 0 Å². The topological polar surface area (TPSA) is 59.3 Å². The number of aromatic nitrogens is 3. The minimum Gasteiger partial charge on any atom is -0.294 e. The predicted octanol–water partition coefficient (Wildman–Crippen LogP) is 1.08. The van der Waals surface area contributed by atoms with E-state index in [0.29, 0.717) is 12.4 Å². The molecule has 2 rings (SSSR count). The smallest absolute Gasteiger partial charge is 0.235 e. The first-order valence-corrected chi connectivity index (χ1v) is 4.41. The molecule has 0 spiro atoms. The number of anilines is 1. The van der Waals surface area contributed by atoms with Gasteiger partial charge in [0.25, 0.3) is 0 Å². The molecule has 2 aromatic heterocycles. The Labute approximate surface area is 80.8 Å². The summed E-state index contributed by atoms with van der Waals surface area (Å²) in [6.45, 7) is 1.79. The molecule has 0 aliphatic heterocycles. The van der Waals surface area contributed by atoms with Crippen molar-refractivity contribution in [2.24, 2.45) is 0 Å². The van der Waals surface area contributed by atoms with E-state index in [-0.39, 0.29) is 5.91 Å². The number of nitrogens with zero attached hydrogens (tertiary/aromatic N) is 3. The van der Waals surface area contributed by atoms with Crippen LogP contribution in [-0.2, 0) is 4.79 Å². The van der Waals surface area contributed by atoms with Crippen LogP contribution in [0.2, 0.25) is 0 Å². The van der Waals surface area contributed by atoms with Gasteiger partial charge < -0.3 is 0 Å². The van der Waals surface area contributed by atoms with E-state index >= 15 is 0 Å². The fraction of sp³-hybridized carbons (Fsp3) is 0.222. The van der Waals surface area contributed by atoms with Crippen LogP contribution in [0.1, 0.15) is 13.3 Å². The number of hydrogen-bond donors (Lipinski definition) is 1. The molecule has 0 saturated carbocycles. The standard InChI is InChI=1S/C9H10N4O/c1-2-8(14)10-9-12-11-7-5-3-4-6-13(7)9/h3-6H,2H2,1H3,(H,10,12,14). The molecule has 1 N–H and O–H groups in total. The number of nitrogens with one attached hydrogen (secondary N) is 1. The van der Waals surface area contributed by atoms with Crippen molar-refractivity contribution in [2.45, 2.75) is 13.3 Å². The number of carbonyl (C=O) groups is 1. The fourth-order valence-corrected chi connectivity index (χ4v) is 1.14. The van der Waals surface area contributed by atoms with E-state index in [0.717, 1.165) is 5.65 Å². The van der Waals surface area contributed by atoms with E-state index in [1.807, 2.05) is 18.2 Å². The Morgan fingerprint density at radius 1 is 1.50 bits per heavy atom. The molecule has 0 aliphatic rings. The zero-order chi connectivity index (χ0) is 9.97. The largest absolute Gasteiger partial charge is 0.294 e. The van der Waals surface area contributed by atoms with E-state index in [4.69, 9.17) is 0 Å². The Morgan fingerprint density at radius 2 is 2.36 bits per heavy atom. The average Bonchev–Trinajstić information content (AvgIpc) is 2.62. The van der Waals surface area contributed by atoms with Crippen molar-refractivity contribution < 1.29 is 4.79 Å². The molecule has 0 aromatic carbocycles. The first kappa shape index (κ1) is 8.68. The molecule has 0 radical (unpaired) electrons. The highest BCUT2D eigenvalue weighted by atomic mass is 16.1. The van der Waals surface area contributed by atoms with Crippen LogP contribution in [-0.4, -0.2) is 20.5 Å². The number of pyridine rings is 1. The number of rotatable bonds is 2. The van der Waals surface area contributed by atoms with E-state index < -0.39 is 0 Å². The molecule has 0 aliphatic carbocycles. The van der Waals surface area contributed by atoms with Gasteiger partial charge >= 0.3 is 0 Å². The van der Waals surface area contributed by atoms with Gasteiger partial charge in [-0.25, -0.2) is 0 Å². The summed E-state index contributed by atoms with van der Waals surface area (Å²) in [5, 5.41) is 10.4. The van der Waals surface area contributed by atoms with Gasteiger partial charge in [-0.3, -0.25) is 14.5 Å². The monoisotopic (exact) mass is 190 g/mol. The van der Waals surface area contributed by atoms with Crippen LogP contribution in [0.25, 0.3) is 5.65 Å². The highest BCUT2D eigenvalue weighted by molar-refractivity contribution is 5.88. The zero-order valence-electron chi connectivity index (χ0n) is 7.77. The van der Waals surface area contributed by atoms with Gasteiger partial charge in [-0.05, 0) is 12.1 Å². The minimum atomic E-state index is -0.0665.